The molecular weight excluding hydrogens is 162 g/mol. The first kappa shape index (κ1) is 12.9. The molecule has 0 heterocycles. The molecule has 0 aromatic rings. The van der Waals surface area contributed by atoms with Crippen LogP contribution in [-0.2, 0) is 4.74 Å². The molecule has 0 saturated heterocycles. The number of nitrogens with two attached hydrogens (primary N) is 1. The van der Waals surface area contributed by atoms with Crippen LogP contribution < -0.4 is 5.73 Å². The lowest BCUT2D eigenvalue weighted by molar-refractivity contribution is 0.0554. The third kappa shape index (κ3) is 9.84. The van der Waals surface area contributed by atoms with Crippen molar-refractivity contribution < 1.29 is 4.74 Å². The zero-order valence-electron chi connectivity index (χ0n) is 9.38. The van der Waals surface area contributed by atoms with E-state index in [-0.39, 0.29) is 0 Å². The summed E-state index contributed by atoms with van der Waals surface area (Å²) in [4.78, 5) is 0. The van der Waals surface area contributed by atoms with Crippen LogP contribution in [0.1, 0.15) is 46.5 Å². The van der Waals surface area contributed by atoms with Crippen molar-refractivity contribution >= 4 is 0 Å². The van der Waals surface area contributed by atoms with Crippen molar-refractivity contribution in [2.24, 2.45) is 11.7 Å². The normalized spacial score (nSPS) is 13.6. The van der Waals surface area contributed by atoms with E-state index in [1.54, 1.807) is 0 Å². The molecule has 0 bridgehead atoms. The fourth-order valence-corrected chi connectivity index (χ4v) is 1.26. The largest absolute Gasteiger partial charge is 0.379 e. The Hall–Kier alpha value is -0.0800. The predicted molar refractivity (Wildman–Crippen MR) is 57.8 cm³/mol. The Balaban J connectivity index is 3.12. The molecule has 0 aliphatic rings. The maximum Gasteiger partial charge on any atom is 0.0547 e. The minimum atomic E-state index is 0.385. The van der Waals surface area contributed by atoms with Crippen LogP contribution in [0.15, 0.2) is 0 Å². The highest BCUT2D eigenvalue weighted by Gasteiger charge is 2.01. The van der Waals surface area contributed by atoms with Crippen LogP contribution in [0, 0.1) is 5.92 Å². The zero-order chi connectivity index (χ0) is 10.1. The summed E-state index contributed by atoms with van der Waals surface area (Å²) in [6.07, 6.45) is 5.01. The highest BCUT2D eigenvalue weighted by molar-refractivity contribution is 4.52. The Morgan fingerprint density at radius 1 is 1.08 bits per heavy atom. The van der Waals surface area contributed by atoms with Gasteiger partial charge >= 0.3 is 0 Å². The third-order valence-electron chi connectivity index (χ3n) is 2.14. The summed E-state index contributed by atoms with van der Waals surface area (Å²) in [5.74, 6) is 0.794. The first-order chi connectivity index (χ1) is 6.16. The molecule has 0 amide bonds. The van der Waals surface area contributed by atoms with Gasteiger partial charge in [0.25, 0.3) is 0 Å². The number of hydrogen-bond acceptors (Lipinski definition) is 2. The van der Waals surface area contributed by atoms with E-state index >= 15 is 0 Å². The van der Waals surface area contributed by atoms with E-state index in [2.05, 4.69) is 20.8 Å². The lowest BCUT2D eigenvalue weighted by atomic mass is 10.1. The summed E-state index contributed by atoms with van der Waals surface area (Å²) in [5.41, 5.74) is 5.42. The third-order valence-corrected chi connectivity index (χ3v) is 2.14. The first-order valence-corrected chi connectivity index (χ1v) is 5.48. The van der Waals surface area contributed by atoms with Crippen LogP contribution in [-0.4, -0.2) is 19.3 Å². The van der Waals surface area contributed by atoms with E-state index in [0.717, 1.165) is 31.9 Å². The van der Waals surface area contributed by atoms with E-state index < -0.39 is 0 Å². The fraction of sp³-hybridized carbons (Fsp3) is 1.00. The highest BCUT2D eigenvalue weighted by atomic mass is 16.5. The van der Waals surface area contributed by atoms with E-state index in [9.17, 15) is 0 Å². The molecule has 0 aliphatic heterocycles. The molecule has 1 atom stereocenters. The van der Waals surface area contributed by atoms with Crippen LogP contribution in [0.3, 0.4) is 0 Å². The van der Waals surface area contributed by atoms with E-state index in [1.165, 1.54) is 12.8 Å². The van der Waals surface area contributed by atoms with Gasteiger partial charge in [-0.1, -0.05) is 13.8 Å². The van der Waals surface area contributed by atoms with Crippen molar-refractivity contribution in [1.29, 1.82) is 0 Å². The molecule has 13 heavy (non-hydrogen) atoms. The highest BCUT2D eigenvalue weighted by Crippen LogP contribution is 2.06. The Morgan fingerprint density at radius 2 is 1.77 bits per heavy atom. The number of ether oxygens (including phenoxy) is 1. The second-order valence-electron chi connectivity index (χ2n) is 4.15. The van der Waals surface area contributed by atoms with Gasteiger partial charge in [0, 0.05) is 6.61 Å². The molecule has 0 aromatic carbocycles. The van der Waals surface area contributed by atoms with Crippen molar-refractivity contribution in [3.05, 3.63) is 0 Å². The van der Waals surface area contributed by atoms with E-state index in [4.69, 9.17) is 10.5 Å². The lowest BCUT2D eigenvalue weighted by Gasteiger charge is -2.12. The molecule has 0 aliphatic carbocycles. The van der Waals surface area contributed by atoms with Crippen LogP contribution in [0.2, 0.25) is 0 Å². The molecule has 2 N–H and O–H groups in total. The Morgan fingerprint density at radius 3 is 2.31 bits per heavy atom. The maximum atomic E-state index is 5.64. The topological polar surface area (TPSA) is 35.2 Å². The van der Waals surface area contributed by atoms with Crippen LogP contribution in [0.25, 0.3) is 0 Å². The number of hydrogen-bond donors (Lipinski definition) is 1. The summed E-state index contributed by atoms with van der Waals surface area (Å²) < 4.78 is 5.64. The van der Waals surface area contributed by atoms with Crippen molar-refractivity contribution in [3.63, 3.8) is 0 Å². The van der Waals surface area contributed by atoms with Gasteiger partial charge in [0.1, 0.15) is 0 Å². The molecule has 1 unspecified atom stereocenters. The molecule has 0 aromatic heterocycles. The zero-order valence-corrected chi connectivity index (χ0v) is 9.38. The van der Waals surface area contributed by atoms with Gasteiger partial charge in [-0.3, -0.25) is 0 Å². The molecule has 0 rings (SSSR count). The van der Waals surface area contributed by atoms with Gasteiger partial charge in [0.05, 0.1) is 6.10 Å². The molecule has 0 fully saturated rings. The molecule has 2 nitrogen and oxygen atoms in total. The fourth-order valence-electron chi connectivity index (χ4n) is 1.26. The Bertz CT molecular complexity index is 104. The standard InChI is InChI=1S/C11H25NO/c1-10(2)6-5-9-13-11(3)7-4-8-12/h10-11H,4-9,12H2,1-3H3. The van der Waals surface area contributed by atoms with Crippen molar-refractivity contribution in [2.75, 3.05) is 13.2 Å². The Kier molecular flexibility index (Phi) is 8.46. The molecule has 2 heteroatoms. The molecule has 80 valence electrons. The van der Waals surface area contributed by atoms with Crippen molar-refractivity contribution in [1.82, 2.24) is 0 Å². The average Bonchev–Trinajstić information content (AvgIpc) is 2.08. The van der Waals surface area contributed by atoms with Gasteiger partial charge < -0.3 is 10.5 Å². The minimum Gasteiger partial charge on any atom is -0.379 e. The van der Waals surface area contributed by atoms with Gasteiger partial charge in [-0.15, -0.1) is 0 Å². The van der Waals surface area contributed by atoms with Gasteiger partial charge in [-0.2, -0.15) is 0 Å². The van der Waals surface area contributed by atoms with Gasteiger partial charge in [-0.25, -0.2) is 0 Å². The molecule has 0 radical (unpaired) electrons. The predicted octanol–water partition coefficient (Wildman–Crippen LogP) is 2.57. The smallest absolute Gasteiger partial charge is 0.0547 e. The summed E-state index contributed by atoms with van der Waals surface area (Å²) in [5, 5.41) is 0. The van der Waals surface area contributed by atoms with Gasteiger partial charge in [0.15, 0.2) is 0 Å². The molecule has 0 spiro atoms. The van der Waals surface area contributed by atoms with Gasteiger partial charge in [0.2, 0.25) is 0 Å². The second kappa shape index (κ2) is 8.52. The second-order valence-corrected chi connectivity index (χ2v) is 4.15. The van der Waals surface area contributed by atoms with Crippen LogP contribution in [0.5, 0.6) is 0 Å². The lowest BCUT2D eigenvalue weighted by Crippen LogP contribution is -2.12. The quantitative estimate of drug-likeness (QED) is 0.593. The molecule has 0 saturated carbocycles. The summed E-state index contributed by atoms with van der Waals surface area (Å²) >= 11 is 0. The SMILES string of the molecule is CC(C)CCCOC(C)CCCN. The van der Waals surface area contributed by atoms with E-state index in [1.807, 2.05) is 0 Å². The summed E-state index contributed by atoms with van der Waals surface area (Å²) in [6.45, 7) is 8.31. The summed E-state index contributed by atoms with van der Waals surface area (Å²) in [7, 11) is 0. The molecular formula is C11H25NO. The monoisotopic (exact) mass is 187 g/mol. The number of rotatable bonds is 8. The van der Waals surface area contributed by atoms with Crippen LogP contribution >= 0.6 is 0 Å². The van der Waals surface area contributed by atoms with Gasteiger partial charge in [-0.05, 0) is 45.1 Å². The van der Waals surface area contributed by atoms with Crippen molar-refractivity contribution in [2.45, 2.75) is 52.6 Å². The average molecular weight is 187 g/mol. The summed E-state index contributed by atoms with van der Waals surface area (Å²) in [6, 6.07) is 0. The van der Waals surface area contributed by atoms with Crippen LogP contribution in [0.4, 0.5) is 0 Å². The first-order valence-electron chi connectivity index (χ1n) is 5.48. The van der Waals surface area contributed by atoms with Crippen molar-refractivity contribution in [3.8, 4) is 0 Å². The Labute approximate surface area is 82.8 Å². The maximum absolute atomic E-state index is 5.64. The van der Waals surface area contributed by atoms with E-state index in [0.29, 0.717) is 6.10 Å². The minimum absolute atomic E-state index is 0.385.